The van der Waals surface area contributed by atoms with Crippen LogP contribution in [0.1, 0.15) is 22.2 Å². The van der Waals surface area contributed by atoms with Crippen LogP contribution in [0.3, 0.4) is 0 Å². The third-order valence-corrected chi connectivity index (χ3v) is 4.26. The molecule has 1 aliphatic rings. The van der Waals surface area contributed by atoms with Gasteiger partial charge in [0.25, 0.3) is 5.91 Å². The number of ether oxygens (including phenoxy) is 1. The van der Waals surface area contributed by atoms with Gasteiger partial charge in [-0.2, -0.15) is 5.10 Å². The van der Waals surface area contributed by atoms with Crippen molar-refractivity contribution < 1.29 is 9.53 Å². The molecular weight excluding hydrogens is 332 g/mol. The minimum atomic E-state index is -0.269. The zero-order valence-electron chi connectivity index (χ0n) is 14.3. The molecule has 8 heteroatoms. The van der Waals surface area contributed by atoms with Crippen molar-refractivity contribution >= 4 is 5.91 Å². The summed E-state index contributed by atoms with van der Waals surface area (Å²) >= 11 is 0. The molecule has 0 aliphatic carbocycles. The van der Waals surface area contributed by atoms with Crippen molar-refractivity contribution in [2.75, 3.05) is 19.7 Å². The summed E-state index contributed by atoms with van der Waals surface area (Å²) in [6, 6.07) is 5.75. The van der Waals surface area contributed by atoms with Gasteiger partial charge in [0.15, 0.2) is 0 Å². The number of hydrogen-bond acceptors (Lipinski definition) is 6. The number of carbonyl (C=O) groups excluding carboxylic acids is 1. The van der Waals surface area contributed by atoms with Gasteiger partial charge in [0, 0.05) is 37.7 Å². The van der Waals surface area contributed by atoms with Crippen LogP contribution in [-0.2, 0) is 11.8 Å². The summed E-state index contributed by atoms with van der Waals surface area (Å²) in [7, 11) is 1.79. The van der Waals surface area contributed by atoms with Crippen LogP contribution in [0.25, 0.3) is 11.3 Å². The first kappa shape index (κ1) is 16.3. The smallest absolute Gasteiger partial charge is 0.257 e. The van der Waals surface area contributed by atoms with E-state index in [1.54, 1.807) is 41.4 Å². The number of pyridine rings is 1. The van der Waals surface area contributed by atoms with Crippen LogP contribution in [0.15, 0.2) is 49.3 Å². The summed E-state index contributed by atoms with van der Waals surface area (Å²) in [5, 5.41) is 4.07. The standard InChI is InChI=1S/C18H18N6O2/c1-23-10-14(9-21-23)18(25)24-5-6-26-17(11-24)16-4-2-3-15(22-16)13-7-19-12-20-8-13/h2-4,7-10,12,17H,5-6,11H2,1H3/t17-/m1/s1. The number of amides is 1. The monoisotopic (exact) mass is 350 g/mol. The summed E-state index contributed by atoms with van der Waals surface area (Å²) in [6.45, 7) is 1.48. The zero-order chi connectivity index (χ0) is 17.9. The number of aryl methyl sites for hydroxylation is 1. The number of aromatic nitrogens is 5. The van der Waals surface area contributed by atoms with E-state index < -0.39 is 0 Å². The van der Waals surface area contributed by atoms with Gasteiger partial charge in [0.1, 0.15) is 12.4 Å². The average molecular weight is 350 g/mol. The first-order valence-corrected chi connectivity index (χ1v) is 8.32. The molecule has 1 aliphatic heterocycles. The van der Waals surface area contributed by atoms with Crippen LogP contribution in [0, 0.1) is 0 Å². The summed E-state index contributed by atoms with van der Waals surface area (Å²) in [6.07, 6.45) is 7.97. The summed E-state index contributed by atoms with van der Waals surface area (Å²) < 4.78 is 7.49. The second kappa shape index (κ2) is 7.01. The van der Waals surface area contributed by atoms with E-state index in [4.69, 9.17) is 4.74 Å². The van der Waals surface area contributed by atoms with E-state index in [1.807, 2.05) is 18.2 Å². The van der Waals surface area contributed by atoms with Crippen molar-refractivity contribution in [3.8, 4) is 11.3 Å². The fourth-order valence-corrected chi connectivity index (χ4v) is 2.95. The first-order valence-electron chi connectivity index (χ1n) is 8.32. The predicted octanol–water partition coefficient (Wildman–Crippen LogP) is 1.49. The number of hydrogen-bond donors (Lipinski definition) is 0. The molecule has 0 aromatic carbocycles. The second-order valence-corrected chi connectivity index (χ2v) is 6.09. The van der Waals surface area contributed by atoms with Crippen molar-refractivity contribution in [1.29, 1.82) is 0 Å². The summed E-state index contributed by atoms with van der Waals surface area (Å²) in [5.41, 5.74) is 2.99. The van der Waals surface area contributed by atoms with Crippen molar-refractivity contribution in [1.82, 2.24) is 29.6 Å². The van der Waals surface area contributed by atoms with Gasteiger partial charge in [-0.05, 0) is 12.1 Å². The lowest BCUT2D eigenvalue weighted by molar-refractivity contribution is -0.0246. The van der Waals surface area contributed by atoms with E-state index in [1.165, 1.54) is 6.33 Å². The largest absolute Gasteiger partial charge is 0.368 e. The van der Waals surface area contributed by atoms with Gasteiger partial charge < -0.3 is 9.64 Å². The molecule has 0 unspecified atom stereocenters. The number of rotatable bonds is 3. The fourth-order valence-electron chi connectivity index (χ4n) is 2.95. The van der Waals surface area contributed by atoms with E-state index in [0.29, 0.717) is 25.3 Å². The van der Waals surface area contributed by atoms with Crippen LogP contribution in [0.2, 0.25) is 0 Å². The topological polar surface area (TPSA) is 86.0 Å². The Morgan fingerprint density at radius 1 is 1.23 bits per heavy atom. The maximum absolute atomic E-state index is 12.7. The normalized spacial score (nSPS) is 17.3. The Kier molecular flexibility index (Phi) is 4.40. The molecule has 0 saturated carbocycles. The molecule has 26 heavy (non-hydrogen) atoms. The van der Waals surface area contributed by atoms with Crippen molar-refractivity contribution in [2.24, 2.45) is 7.05 Å². The maximum Gasteiger partial charge on any atom is 0.257 e. The van der Waals surface area contributed by atoms with E-state index in [2.05, 4.69) is 20.1 Å². The molecule has 4 rings (SSSR count). The van der Waals surface area contributed by atoms with Gasteiger partial charge in [-0.1, -0.05) is 6.07 Å². The Labute approximate surface area is 150 Å². The molecule has 0 radical (unpaired) electrons. The molecule has 132 valence electrons. The second-order valence-electron chi connectivity index (χ2n) is 6.09. The highest BCUT2D eigenvalue weighted by molar-refractivity contribution is 5.93. The van der Waals surface area contributed by atoms with Crippen molar-refractivity contribution in [3.63, 3.8) is 0 Å². The van der Waals surface area contributed by atoms with Gasteiger partial charge in [-0.15, -0.1) is 0 Å². The third-order valence-electron chi connectivity index (χ3n) is 4.26. The zero-order valence-corrected chi connectivity index (χ0v) is 14.3. The molecule has 1 amide bonds. The van der Waals surface area contributed by atoms with Crippen LogP contribution in [-0.4, -0.2) is 55.2 Å². The minimum Gasteiger partial charge on any atom is -0.368 e. The SMILES string of the molecule is Cn1cc(C(=O)N2CCO[C@@H](c3cccc(-c4cncnc4)n3)C2)cn1. The number of carbonyl (C=O) groups is 1. The molecule has 0 N–H and O–H groups in total. The lowest BCUT2D eigenvalue weighted by Gasteiger charge is -2.32. The van der Waals surface area contributed by atoms with Gasteiger partial charge in [-0.3, -0.25) is 9.48 Å². The molecular formula is C18H18N6O2. The molecule has 1 fully saturated rings. The summed E-state index contributed by atoms with van der Waals surface area (Å²) in [4.78, 5) is 27.2. The Hall–Kier alpha value is -3.13. The Balaban J connectivity index is 1.54. The van der Waals surface area contributed by atoms with Gasteiger partial charge in [0.05, 0.1) is 36.3 Å². The van der Waals surface area contributed by atoms with Crippen LogP contribution < -0.4 is 0 Å². The Bertz CT molecular complexity index is 911. The van der Waals surface area contributed by atoms with E-state index >= 15 is 0 Å². The lowest BCUT2D eigenvalue weighted by Crippen LogP contribution is -2.42. The third kappa shape index (κ3) is 3.31. The Morgan fingerprint density at radius 3 is 2.85 bits per heavy atom. The fraction of sp³-hybridized carbons (Fsp3) is 0.278. The Morgan fingerprint density at radius 2 is 2.08 bits per heavy atom. The molecule has 3 aromatic rings. The quantitative estimate of drug-likeness (QED) is 0.711. The van der Waals surface area contributed by atoms with Crippen LogP contribution >= 0.6 is 0 Å². The maximum atomic E-state index is 12.7. The molecule has 1 saturated heterocycles. The molecule has 0 spiro atoms. The lowest BCUT2D eigenvalue weighted by atomic mass is 10.1. The molecule has 8 nitrogen and oxygen atoms in total. The number of morpholine rings is 1. The molecule has 3 aromatic heterocycles. The highest BCUT2D eigenvalue weighted by Gasteiger charge is 2.27. The molecule has 0 bridgehead atoms. The van der Waals surface area contributed by atoms with Gasteiger partial charge in [0.2, 0.25) is 0 Å². The average Bonchev–Trinajstić information content (AvgIpc) is 3.14. The first-order chi connectivity index (χ1) is 12.7. The van der Waals surface area contributed by atoms with Crippen LogP contribution in [0.5, 0.6) is 0 Å². The molecule has 4 heterocycles. The van der Waals surface area contributed by atoms with Gasteiger partial charge >= 0.3 is 0 Å². The van der Waals surface area contributed by atoms with E-state index in [-0.39, 0.29) is 12.0 Å². The highest BCUT2D eigenvalue weighted by atomic mass is 16.5. The number of nitrogens with zero attached hydrogens (tertiary/aromatic N) is 6. The van der Waals surface area contributed by atoms with Crippen molar-refractivity contribution in [2.45, 2.75) is 6.10 Å². The highest BCUT2D eigenvalue weighted by Crippen LogP contribution is 2.24. The van der Waals surface area contributed by atoms with Crippen LogP contribution in [0.4, 0.5) is 0 Å². The van der Waals surface area contributed by atoms with Gasteiger partial charge in [-0.25, -0.2) is 15.0 Å². The van der Waals surface area contributed by atoms with E-state index in [9.17, 15) is 4.79 Å². The van der Waals surface area contributed by atoms with E-state index in [0.717, 1.165) is 17.0 Å². The predicted molar refractivity (Wildman–Crippen MR) is 93.1 cm³/mol. The molecule has 1 atom stereocenters. The summed E-state index contributed by atoms with van der Waals surface area (Å²) in [5.74, 6) is -0.0426. The minimum absolute atomic E-state index is 0.0426. The van der Waals surface area contributed by atoms with Crippen molar-refractivity contribution in [3.05, 3.63) is 60.6 Å².